The van der Waals surface area contributed by atoms with Gasteiger partial charge in [0.2, 0.25) is 0 Å². The van der Waals surface area contributed by atoms with Crippen molar-refractivity contribution in [2.45, 2.75) is 33.4 Å². The first-order valence-corrected chi connectivity index (χ1v) is 9.30. The van der Waals surface area contributed by atoms with Crippen LogP contribution in [0.4, 0.5) is 0 Å². The number of carbonyl (C=O) groups is 1. The topological polar surface area (TPSA) is 46.6 Å². The van der Waals surface area contributed by atoms with Gasteiger partial charge in [-0.25, -0.2) is 4.79 Å². The highest BCUT2D eigenvalue weighted by Crippen LogP contribution is 2.14. The molecular weight excluding hydrogens is 298 g/mol. The largest absolute Gasteiger partial charge is 0.459 e. The Bertz CT molecular complexity index is 527. The zero-order valence-corrected chi connectivity index (χ0v) is 14.4. The van der Waals surface area contributed by atoms with Crippen LogP contribution in [0, 0.1) is 5.92 Å². The van der Waals surface area contributed by atoms with E-state index in [1.54, 1.807) is 0 Å². The van der Waals surface area contributed by atoms with Crippen LogP contribution in [0.2, 0.25) is 0 Å². The number of rotatable bonds is 4. The predicted octanol–water partition coefficient (Wildman–Crippen LogP) is 2.45. The molecule has 0 bridgehead atoms. The van der Waals surface area contributed by atoms with E-state index in [0.29, 0.717) is 11.5 Å². The number of ether oxygens (including phenoxy) is 1. The lowest BCUT2D eigenvalue weighted by Crippen LogP contribution is -2.28. The van der Waals surface area contributed by atoms with Crippen LogP contribution < -0.4 is 0 Å². The highest BCUT2D eigenvalue weighted by Gasteiger charge is 2.19. The van der Waals surface area contributed by atoms with Gasteiger partial charge < -0.3 is 4.74 Å². The fourth-order valence-corrected chi connectivity index (χ4v) is 4.02. The SMILES string of the molecule is CC(C)OC(=O)c1ccc(CN2CC[S@](=O)C[C@H](C)C2)cc1. The molecular formula is C17H25NO3S. The molecule has 1 aromatic carbocycles. The number of benzene rings is 1. The van der Waals surface area contributed by atoms with Crippen LogP contribution in [-0.4, -0.2) is 45.8 Å². The predicted molar refractivity (Wildman–Crippen MR) is 89.3 cm³/mol. The molecule has 0 aromatic heterocycles. The molecule has 0 N–H and O–H groups in total. The maximum absolute atomic E-state index is 11.8. The Kier molecular flexibility index (Phi) is 6.15. The Labute approximate surface area is 135 Å². The molecule has 0 spiro atoms. The zero-order valence-electron chi connectivity index (χ0n) is 13.6. The first-order valence-electron chi connectivity index (χ1n) is 7.81. The van der Waals surface area contributed by atoms with Crippen molar-refractivity contribution in [1.29, 1.82) is 0 Å². The molecule has 0 saturated carbocycles. The number of esters is 1. The molecule has 1 fully saturated rings. The third kappa shape index (κ3) is 5.21. The van der Waals surface area contributed by atoms with Crippen LogP contribution in [0.5, 0.6) is 0 Å². The minimum absolute atomic E-state index is 0.105. The summed E-state index contributed by atoms with van der Waals surface area (Å²) < 4.78 is 16.9. The number of nitrogens with zero attached hydrogens (tertiary/aromatic N) is 1. The lowest BCUT2D eigenvalue weighted by molar-refractivity contribution is 0.0378. The van der Waals surface area contributed by atoms with E-state index in [0.717, 1.165) is 31.1 Å². The van der Waals surface area contributed by atoms with Gasteiger partial charge >= 0.3 is 5.97 Å². The monoisotopic (exact) mass is 323 g/mol. The summed E-state index contributed by atoms with van der Waals surface area (Å²) in [6, 6.07) is 7.59. The fourth-order valence-electron chi connectivity index (χ4n) is 2.65. The van der Waals surface area contributed by atoms with Gasteiger partial charge in [-0.15, -0.1) is 0 Å². The van der Waals surface area contributed by atoms with E-state index in [4.69, 9.17) is 4.74 Å². The first kappa shape index (κ1) is 17.2. The summed E-state index contributed by atoms with van der Waals surface area (Å²) in [5.41, 5.74) is 1.75. The minimum atomic E-state index is -0.685. The number of hydrogen-bond acceptors (Lipinski definition) is 4. The van der Waals surface area contributed by atoms with E-state index in [1.165, 1.54) is 5.56 Å². The van der Waals surface area contributed by atoms with Gasteiger partial charge in [0, 0.05) is 41.9 Å². The van der Waals surface area contributed by atoms with Crippen molar-refractivity contribution in [3.05, 3.63) is 35.4 Å². The standard InChI is InChI=1S/C17H25NO3S/c1-13(2)21-17(19)16-6-4-15(5-7-16)11-18-8-9-22(20)12-14(3)10-18/h4-7,13-14H,8-12H2,1-3H3/t14-,22+/m1/s1. The molecule has 0 aliphatic carbocycles. The maximum Gasteiger partial charge on any atom is 0.338 e. The smallest absolute Gasteiger partial charge is 0.338 e. The molecule has 1 aromatic rings. The van der Waals surface area contributed by atoms with Gasteiger partial charge in [-0.3, -0.25) is 9.11 Å². The van der Waals surface area contributed by atoms with Crippen LogP contribution in [0.15, 0.2) is 24.3 Å². The molecule has 4 nitrogen and oxygen atoms in total. The number of carbonyl (C=O) groups excluding carboxylic acids is 1. The molecule has 122 valence electrons. The molecule has 1 aliphatic rings. The van der Waals surface area contributed by atoms with Crippen LogP contribution in [0.3, 0.4) is 0 Å². The molecule has 1 heterocycles. The average Bonchev–Trinajstić information content (AvgIpc) is 2.59. The Morgan fingerprint density at radius 2 is 2.05 bits per heavy atom. The highest BCUT2D eigenvalue weighted by atomic mass is 32.2. The highest BCUT2D eigenvalue weighted by molar-refractivity contribution is 7.85. The van der Waals surface area contributed by atoms with Crippen molar-refractivity contribution in [2.75, 3.05) is 24.6 Å². The van der Waals surface area contributed by atoms with Crippen molar-refractivity contribution in [2.24, 2.45) is 5.92 Å². The van der Waals surface area contributed by atoms with E-state index in [2.05, 4.69) is 11.8 Å². The first-order chi connectivity index (χ1) is 10.4. The summed E-state index contributed by atoms with van der Waals surface area (Å²) >= 11 is 0. The minimum Gasteiger partial charge on any atom is -0.459 e. The van der Waals surface area contributed by atoms with Crippen LogP contribution in [0.1, 0.15) is 36.7 Å². The molecule has 2 rings (SSSR count). The lowest BCUT2D eigenvalue weighted by Gasteiger charge is -2.21. The molecule has 1 aliphatic heterocycles. The quantitative estimate of drug-likeness (QED) is 0.799. The van der Waals surface area contributed by atoms with E-state index in [1.807, 2.05) is 38.1 Å². The van der Waals surface area contributed by atoms with E-state index in [-0.39, 0.29) is 12.1 Å². The summed E-state index contributed by atoms with van der Waals surface area (Å²) in [6.45, 7) is 8.52. The van der Waals surface area contributed by atoms with E-state index < -0.39 is 10.8 Å². The third-order valence-corrected chi connectivity index (χ3v) is 5.19. The Hall–Kier alpha value is -1.20. The summed E-state index contributed by atoms with van der Waals surface area (Å²) in [4.78, 5) is 14.2. The Balaban J connectivity index is 1.96. The third-order valence-electron chi connectivity index (χ3n) is 3.61. The molecule has 0 amide bonds. The average molecular weight is 323 g/mol. The second-order valence-electron chi connectivity index (χ2n) is 6.30. The summed E-state index contributed by atoms with van der Waals surface area (Å²) in [5, 5.41) is 0. The second-order valence-corrected chi connectivity index (χ2v) is 7.92. The molecule has 5 heteroatoms. The van der Waals surface area contributed by atoms with E-state index in [9.17, 15) is 9.00 Å². The van der Waals surface area contributed by atoms with Crippen molar-refractivity contribution in [3.8, 4) is 0 Å². The van der Waals surface area contributed by atoms with Crippen LogP contribution >= 0.6 is 0 Å². The van der Waals surface area contributed by atoms with Gasteiger partial charge in [-0.1, -0.05) is 19.1 Å². The fraction of sp³-hybridized carbons (Fsp3) is 0.588. The number of hydrogen-bond donors (Lipinski definition) is 0. The zero-order chi connectivity index (χ0) is 16.1. The summed E-state index contributed by atoms with van der Waals surface area (Å²) in [6.07, 6.45) is -0.105. The van der Waals surface area contributed by atoms with Crippen molar-refractivity contribution in [1.82, 2.24) is 4.90 Å². The molecule has 22 heavy (non-hydrogen) atoms. The second kappa shape index (κ2) is 7.88. The van der Waals surface area contributed by atoms with Crippen molar-refractivity contribution in [3.63, 3.8) is 0 Å². The molecule has 0 radical (unpaired) electrons. The lowest BCUT2D eigenvalue weighted by atomic mass is 10.1. The van der Waals surface area contributed by atoms with E-state index >= 15 is 0 Å². The van der Waals surface area contributed by atoms with Gasteiger partial charge in [0.1, 0.15) is 0 Å². The Morgan fingerprint density at radius 3 is 2.68 bits per heavy atom. The summed E-state index contributed by atoms with van der Waals surface area (Å²) in [7, 11) is -0.685. The van der Waals surface area contributed by atoms with Crippen molar-refractivity contribution >= 4 is 16.8 Å². The van der Waals surface area contributed by atoms with Crippen LogP contribution in [-0.2, 0) is 22.1 Å². The van der Waals surface area contributed by atoms with Gasteiger partial charge in [0.25, 0.3) is 0 Å². The van der Waals surface area contributed by atoms with Gasteiger partial charge in [0.15, 0.2) is 0 Å². The maximum atomic E-state index is 11.8. The van der Waals surface area contributed by atoms with Gasteiger partial charge in [-0.05, 0) is 37.5 Å². The van der Waals surface area contributed by atoms with Crippen LogP contribution in [0.25, 0.3) is 0 Å². The summed E-state index contributed by atoms with van der Waals surface area (Å²) in [5.74, 6) is 1.74. The van der Waals surface area contributed by atoms with Gasteiger partial charge in [-0.2, -0.15) is 0 Å². The van der Waals surface area contributed by atoms with Gasteiger partial charge in [0.05, 0.1) is 11.7 Å². The Morgan fingerprint density at radius 1 is 1.36 bits per heavy atom. The molecule has 1 saturated heterocycles. The van der Waals surface area contributed by atoms with Crippen molar-refractivity contribution < 1.29 is 13.7 Å². The normalized spacial score (nSPS) is 23.3. The molecule has 0 unspecified atom stereocenters. The molecule has 2 atom stereocenters.